The van der Waals surface area contributed by atoms with E-state index in [0.29, 0.717) is 0 Å². The number of allylic oxidation sites excluding steroid dienone is 5. The van der Waals surface area contributed by atoms with Crippen molar-refractivity contribution in [1.82, 2.24) is 0 Å². The zero-order valence-corrected chi connectivity index (χ0v) is 15.9. The van der Waals surface area contributed by atoms with Crippen LogP contribution in [0.1, 0.15) is 33.6 Å². The van der Waals surface area contributed by atoms with Gasteiger partial charge in [-0.15, -0.1) is 0 Å². The molecule has 2 rings (SSSR count). The Morgan fingerprint density at radius 3 is 2.55 bits per heavy atom. The van der Waals surface area contributed by atoms with Crippen LogP contribution in [0.25, 0.3) is 0 Å². The molecule has 0 aromatic carbocycles. The monoisotopic (exact) mass is 365 g/mol. The molecule has 0 fully saturated rings. The van der Waals surface area contributed by atoms with Crippen molar-refractivity contribution in [2.75, 3.05) is 6.61 Å². The molecule has 0 radical (unpaired) electrons. The van der Waals surface area contributed by atoms with Gasteiger partial charge in [-0.1, -0.05) is 0 Å². The van der Waals surface area contributed by atoms with Gasteiger partial charge in [-0.3, -0.25) is 0 Å². The fourth-order valence-electron chi connectivity index (χ4n) is 2.28. The number of halogens is 2. The van der Waals surface area contributed by atoms with Crippen LogP contribution < -0.4 is 24.8 Å². The first-order chi connectivity index (χ1) is 8.57. The summed E-state index contributed by atoms with van der Waals surface area (Å²) in [5.74, 6) is 0. The second-order valence-corrected chi connectivity index (χ2v) is 6.96. The fourth-order valence-corrected chi connectivity index (χ4v) is 4.13. The van der Waals surface area contributed by atoms with E-state index in [9.17, 15) is 0 Å². The van der Waals surface area contributed by atoms with E-state index < -0.39 is 0 Å². The molecule has 0 saturated carbocycles. The normalized spacial score (nSPS) is 24.9. The first-order valence-electron chi connectivity index (χ1n) is 6.37. The third-order valence-electron chi connectivity index (χ3n) is 3.28. The molecule has 0 aliphatic heterocycles. The van der Waals surface area contributed by atoms with Gasteiger partial charge < -0.3 is 24.8 Å². The van der Waals surface area contributed by atoms with Gasteiger partial charge in [-0.05, 0) is 0 Å². The topological polar surface area (TPSA) is 9.23 Å². The molecule has 0 amide bonds. The molecule has 2 aliphatic carbocycles. The Kier molecular flexibility index (Phi) is 9.12. The zero-order valence-electron chi connectivity index (χ0n) is 12.0. The minimum absolute atomic E-state index is 0. The Bertz CT molecular complexity index is 468. The van der Waals surface area contributed by atoms with Gasteiger partial charge in [0.2, 0.25) is 0 Å². The average molecular weight is 366 g/mol. The van der Waals surface area contributed by atoms with Crippen LogP contribution in [0.5, 0.6) is 0 Å². The first-order valence-corrected chi connectivity index (χ1v) is 7.97. The molecule has 1 nitrogen and oxygen atoms in total. The van der Waals surface area contributed by atoms with E-state index in [4.69, 9.17) is 4.74 Å². The molecule has 20 heavy (non-hydrogen) atoms. The van der Waals surface area contributed by atoms with Gasteiger partial charge in [0.25, 0.3) is 0 Å². The fraction of sp³-hybridized carbons (Fsp3) is 0.467. The molecule has 0 bridgehead atoms. The molecule has 0 heterocycles. The SMILES string of the molecule is CCOC1(SC2=[C]([Ti+2])CC=C2)CC=C(C)C=C1C.[Cl-].[Cl-]. The van der Waals surface area contributed by atoms with Crippen molar-refractivity contribution in [2.24, 2.45) is 0 Å². The number of hydrogen-bond acceptors (Lipinski definition) is 2. The van der Waals surface area contributed by atoms with Crippen molar-refractivity contribution in [1.29, 1.82) is 0 Å². The summed E-state index contributed by atoms with van der Waals surface area (Å²) < 4.78 is 7.58. The van der Waals surface area contributed by atoms with Gasteiger partial charge in [0, 0.05) is 0 Å². The molecular formula is C15H19Cl2OSTi. The summed E-state index contributed by atoms with van der Waals surface area (Å²) in [6.07, 6.45) is 11.1. The van der Waals surface area contributed by atoms with Crippen molar-refractivity contribution in [3.63, 3.8) is 0 Å². The van der Waals surface area contributed by atoms with Crippen LogP contribution in [0.4, 0.5) is 0 Å². The smallest absolute Gasteiger partial charge is 1.00 e. The molecule has 109 valence electrons. The maximum Gasteiger partial charge on any atom is -1.00 e. The van der Waals surface area contributed by atoms with Crippen LogP contribution in [0.15, 0.2) is 44.2 Å². The third kappa shape index (κ3) is 4.53. The molecule has 1 unspecified atom stereocenters. The maximum absolute atomic E-state index is 6.12. The molecule has 0 N–H and O–H groups in total. The number of hydrogen-bond donors (Lipinski definition) is 0. The Labute approximate surface area is 150 Å². The molecule has 0 aromatic rings. The van der Waals surface area contributed by atoms with Crippen LogP contribution in [0.2, 0.25) is 0 Å². The van der Waals surface area contributed by atoms with Crippen LogP contribution in [0, 0.1) is 0 Å². The second-order valence-electron chi connectivity index (χ2n) is 4.72. The predicted octanol–water partition coefficient (Wildman–Crippen LogP) is -1.52. The van der Waals surface area contributed by atoms with E-state index in [1.54, 1.807) is 0 Å². The van der Waals surface area contributed by atoms with Crippen LogP contribution in [-0.4, -0.2) is 11.5 Å². The average Bonchev–Trinajstić information content (AvgIpc) is 2.71. The van der Waals surface area contributed by atoms with Crippen molar-refractivity contribution >= 4 is 11.8 Å². The van der Waals surface area contributed by atoms with Crippen LogP contribution in [0.3, 0.4) is 0 Å². The van der Waals surface area contributed by atoms with Gasteiger partial charge >= 0.3 is 126 Å². The standard InChI is InChI=1S/C15H19OS.2ClH.Ti/c1-4-16-15(17-14-7-5-6-8-14)10-9-12(2)11-13(15)3;;;/h5,7,9,11H,4,6,10H2,1-3H3;2*1H;/q;;;+2/p-2. The van der Waals surface area contributed by atoms with Gasteiger partial charge in [-0.25, -0.2) is 0 Å². The molecule has 0 saturated heterocycles. The summed E-state index contributed by atoms with van der Waals surface area (Å²) in [6, 6.07) is 0. The van der Waals surface area contributed by atoms with E-state index in [1.165, 1.54) is 19.9 Å². The van der Waals surface area contributed by atoms with Gasteiger partial charge in [0.05, 0.1) is 0 Å². The maximum atomic E-state index is 6.12. The Morgan fingerprint density at radius 1 is 1.35 bits per heavy atom. The third-order valence-corrected chi connectivity index (χ3v) is 5.84. The quantitative estimate of drug-likeness (QED) is 0.442. The summed E-state index contributed by atoms with van der Waals surface area (Å²) in [7, 11) is 0. The van der Waals surface area contributed by atoms with E-state index in [1.807, 2.05) is 11.8 Å². The second kappa shape index (κ2) is 8.87. The Hall–Kier alpha value is 0.564. The molecule has 0 spiro atoms. The molecule has 0 aromatic heterocycles. The summed E-state index contributed by atoms with van der Waals surface area (Å²) in [5, 5.41) is 0. The molecule has 5 heteroatoms. The van der Waals surface area contributed by atoms with E-state index in [-0.39, 0.29) is 29.7 Å². The molecule has 2 aliphatic rings. The number of thioether (sulfide) groups is 1. The van der Waals surface area contributed by atoms with Crippen molar-refractivity contribution in [2.45, 2.75) is 38.5 Å². The summed E-state index contributed by atoms with van der Waals surface area (Å²) in [5.41, 5.74) is 2.67. The Morgan fingerprint density at radius 2 is 2.05 bits per heavy atom. The predicted molar refractivity (Wildman–Crippen MR) is 74.9 cm³/mol. The summed E-state index contributed by atoms with van der Waals surface area (Å²) in [4.78, 5) is 1.18. The summed E-state index contributed by atoms with van der Waals surface area (Å²) >= 11 is 4.09. The van der Waals surface area contributed by atoms with Gasteiger partial charge in [0.15, 0.2) is 0 Å². The van der Waals surface area contributed by atoms with Crippen molar-refractivity contribution in [3.8, 4) is 0 Å². The molecule has 1 atom stereocenters. The zero-order chi connectivity index (χ0) is 13.2. The van der Waals surface area contributed by atoms with Crippen LogP contribution in [-0.2, 0) is 25.2 Å². The largest absolute Gasteiger partial charge is 1.00 e. The van der Waals surface area contributed by atoms with E-state index in [2.05, 4.69) is 65.5 Å². The number of rotatable bonds is 4. The van der Waals surface area contributed by atoms with Crippen molar-refractivity contribution < 1.29 is 50.0 Å². The minimum Gasteiger partial charge on any atom is -1.00 e. The first kappa shape index (κ1) is 20.6. The summed E-state index contributed by atoms with van der Waals surface area (Å²) in [6.45, 7) is 7.17. The van der Waals surface area contributed by atoms with E-state index in [0.717, 1.165) is 19.4 Å². The minimum atomic E-state index is -0.195. The van der Waals surface area contributed by atoms with Crippen LogP contribution >= 0.6 is 11.8 Å². The Balaban J connectivity index is 0.00000180. The van der Waals surface area contributed by atoms with Gasteiger partial charge in [-0.2, -0.15) is 0 Å². The van der Waals surface area contributed by atoms with E-state index >= 15 is 0 Å². The van der Waals surface area contributed by atoms with Gasteiger partial charge in [0.1, 0.15) is 0 Å². The molecular weight excluding hydrogens is 347 g/mol. The number of ether oxygens (including phenoxy) is 1. The van der Waals surface area contributed by atoms with Crippen molar-refractivity contribution in [3.05, 3.63) is 44.2 Å².